The van der Waals surface area contributed by atoms with Gasteiger partial charge in [-0.3, -0.25) is 0 Å². The molecular weight excluding hydrogens is 254 g/mol. The van der Waals surface area contributed by atoms with Crippen LogP contribution in [0.1, 0.15) is 48.9 Å². The molecule has 106 valence electrons. The van der Waals surface area contributed by atoms with Crippen molar-refractivity contribution < 1.29 is 9.63 Å². The second kappa shape index (κ2) is 5.63. The lowest BCUT2D eigenvalue weighted by molar-refractivity contribution is 0.297. The predicted octanol–water partition coefficient (Wildman–Crippen LogP) is 2.35. The summed E-state index contributed by atoms with van der Waals surface area (Å²) in [7, 11) is 0. The van der Waals surface area contributed by atoms with Crippen molar-refractivity contribution in [3.8, 4) is 5.75 Å². The topological polar surface area (TPSA) is 85.2 Å². The Morgan fingerprint density at radius 3 is 2.80 bits per heavy atom. The molecule has 5 heteroatoms. The van der Waals surface area contributed by atoms with E-state index in [0.29, 0.717) is 24.1 Å². The van der Waals surface area contributed by atoms with Crippen molar-refractivity contribution in [2.24, 2.45) is 5.73 Å². The van der Waals surface area contributed by atoms with Gasteiger partial charge in [0, 0.05) is 18.4 Å². The van der Waals surface area contributed by atoms with Gasteiger partial charge in [0.1, 0.15) is 5.75 Å². The smallest absolute Gasteiger partial charge is 0.229 e. The van der Waals surface area contributed by atoms with Crippen LogP contribution in [0.2, 0.25) is 0 Å². The van der Waals surface area contributed by atoms with Gasteiger partial charge in [-0.2, -0.15) is 4.98 Å². The molecule has 0 bridgehead atoms. The summed E-state index contributed by atoms with van der Waals surface area (Å²) >= 11 is 0. The summed E-state index contributed by atoms with van der Waals surface area (Å²) in [6.45, 7) is 0. The Kier molecular flexibility index (Phi) is 3.69. The molecule has 0 radical (unpaired) electrons. The summed E-state index contributed by atoms with van der Waals surface area (Å²) in [4.78, 5) is 4.49. The number of phenols is 1. The Bertz CT molecular complexity index is 565. The molecule has 1 saturated carbocycles. The molecule has 0 aliphatic heterocycles. The summed E-state index contributed by atoms with van der Waals surface area (Å²) in [6.07, 6.45) is 4.84. The maximum absolute atomic E-state index is 9.26. The molecule has 1 heterocycles. The summed E-state index contributed by atoms with van der Waals surface area (Å²) < 4.78 is 5.38. The molecule has 1 fully saturated rings. The Hall–Kier alpha value is -1.88. The average molecular weight is 273 g/mol. The molecule has 0 spiro atoms. The predicted molar refractivity (Wildman–Crippen MR) is 74.4 cm³/mol. The fraction of sp³-hybridized carbons (Fsp3) is 0.467. The lowest BCUT2D eigenvalue weighted by Gasteiger charge is -2.23. The first-order chi connectivity index (χ1) is 9.70. The van der Waals surface area contributed by atoms with Crippen LogP contribution in [0.25, 0.3) is 0 Å². The third kappa shape index (κ3) is 2.99. The summed E-state index contributed by atoms with van der Waals surface area (Å²) in [5, 5.41) is 13.3. The highest BCUT2D eigenvalue weighted by molar-refractivity contribution is 5.27. The van der Waals surface area contributed by atoms with Crippen LogP contribution in [-0.4, -0.2) is 21.3 Å². The van der Waals surface area contributed by atoms with Gasteiger partial charge < -0.3 is 15.4 Å². The van der Waals surface area contributed by atoms with E-state index in [9.17, 15) is 5.11 Å². The maximum Gasteiger partial charge on any atom is 0.229 e. The van der Waals surface area contributed by atoms with Crippen LogP contribution >= 0.6 is 0 Å². The third-order valence-corrected chi connectivity index (χ3v) is 3.85. The molecule has 5 nitrogen and oxygen atoms in total. The standard InChI is InChI=1S/C15H19N3O2/c16-12-3-1-2-11(9-12)15-17-14(18-20-15)8-10-4-6-13(19)7-5-10/h4-7,11-12,19H,1-3,8-9,16H2. The number of nitrogens with zero attached hydrogens (tertiary/aromatic N) is 2. The number of phenolic OH excluding ortho intramolecular Hbond substituents is 1. The van der Waals surface area contributed by atoms with E-state index in [1.807, 2.05) is 12.1 Å². The van der Waals surface area contributed by atoms with Crippen molar-refractivity contribution in [2.45, 2.75) is 44.1 Å². The first kappa shape index (κ1) is 13.1. The van der Waals surface area contributed by atoms with Gasteiger partial charge in [0.2, 0.25) is 5.89 Å². The van der Waals surface area contributed by atoms with Crippen LogP contribution in [0, 0.1) is 0 Å². The Morgan fingerprint density at radius 2 is 2.05 bits per heavy atom. The van der Waals surface area contributed by atoms with E-state index in [0.717, 1.165) is 31.2 Å². The van der Waals surface area contributed by atoms with Crippen LogP contribution in [0.3, 0.4) is 0 Å². The van der Waals surface area contributed by atoms with Crippen molar-refractivity contribution in [1.82, 2.24) is 10.1 Å². The number of rotatable bonds is 3. The van der Waals surface area contributed by atoms with Gasteiger partial charge >= 0.3 is 0 Å². The fourth-order valence-corrected chi connectivity index (χ4v) is 2.75. The molecule has 2 atom stereocenters. The molecular formula is C15H19N3O2. The van der Waals surface area contributed by atoms with Crippen LogP contribution in [-0.2, 0) is 6.42 Å². The van der Waals surface area contributed by atoms with Crippen LogP contribution in [0.15, 0.2) is 28.8 Å². The van der Waals surface area contributed by atoms with E-state index in [2.05, 4.69) is 10.1 Å². The highest BCUT2D eigenvalue weighted by atomic mass is 16.5. The van der Waals surface area contributed by atoms with E-state index in [-0.39, 0.29) is 11.8 Å². The monoisotopic (exact) mass is 273 g/mol. The van der Waals surface area contributed by atoms with Crippen molar-refractivity contribution >= 4 is 0 Å². The van der Waals surface area contributed by atoms with E-state index in [4.69, 9.17) is 10.3 Å². The number of hydrogen-bond acceptors (Lipinski definition) is 5. The van der Waals surface area contributed by atoms with E-state index >= 15 is 0 Å². The van der Waals surface area contributed by atoms with Crippen LogP contribution in [0.4, 0.5) is 0 Å². The number of nitrogens with two attached hydrogens (primary N) is 1. The van der Waals surface area contributed by atoms with Crippen molar-refractivity contribution in [3.05, 3.63) is 41.5 Å². The average Bonchev–Trinajstić information content (AvgIpc) is 2.90. The minimum absolute atomic E-state index is 0.251. The molecule has 1 aliphatic rings. The summed E-state index contributed by atoms with van der Waals surface area (Å²) in [5.41, 5.74) is 7.04. The molecule has 3 rings (SSSR count). The minimum atomic E-state index is 0.251. The molecule has 1 aliphatic carbocycles. The SMILES string of the molecule is NC1CCCC(c2nc(Cc3ccc(O)cc3)no2)C1. The number of aromatic hydroxyl groups is 1. The second-order valence-corrected chi connectivity index (χ2v) is 5.52. The van der Waals surface area contributed by atoms with Gasteiger partial charge in [-0.1, -0.05) is 23.7 Å². The summed E-state index contributed by atoms with van der Waals surface area (Å²) in [6, 6.07) is 7.30. The van der Waals surface area contributed by atoms with Crippen LogP contribution < -0.4 is 5.73 Å². The molecule has 0 saturated heterocycles. The first-order valence-corrected chi connectivity index (χ1v) is 7.06. The zero-order valence-electron chi connectivity index (χ0n) is 11.3. The lowest BCUT2D eigenvalue weighted by Crippen LogP contribution is -2.26. The fourth-order valence-electron chi connectivity index (χ4n) is 2.75. The maximum atomic E-state index is 9.26. The van der Waals surface area contributed by atoms with Crippen molar-refractivity contribution in [3.63, 3.8) is 0 Å². The zero-order valence-corrected chi connectivity index (χ0v) is 11.3. The number of hydrogen-bond donors (Lipinski definition) is 2. The Balaban J connectivity index is 1.68. The highest BCUT2D eigenvalue weighted by Crippen LogP contribution is 2.31. The molecule has 1 aromatic carbocycles. The van der Waals surface area contributed by atoms with Gasteiger partial charge in [-0.25, -0.2) is 0 Å². The Morgan fingerprint density at radius 1 is 1.25 bits per heavy atom. The third-order valence-electron chi connectivity index (χ3n) is 3.85. The lowest BCUT2D eigenvalue weighted by atomic mass is 9.86. The molecule has 1 aromatic heterocycles. The van der Waals surface area contributed by atoms with E-state index in [1.165, 1.54) is 0 Å². The van der Waals surface area contributed by atoms with Crippen molar-refractivity contribution in [2.75, 3.05) is 0 Å². The quantitative estimate of drug-likeness (QED) is 0.896. The number of aromatic nitrogens is 2. The Labute approximate surface area is 117 Å². The second-order valence-electron chi connectivity index (χ2n) is 5.52. The largest absolute Gasteiger partial charge is 0.508 e. The van der Waals surface area contributed by atoms with Gasteiger partial charge in [-0.15, -0.1) is 0 Å². The first-order valence-electron chi connectivity index (χ1n) is 7.06. The number of benzene rings is 1. The van der Waals surface area contributed by atoms with Gasteiger partial charge in [-0.05, 0) is 37.0 Å². The van der Waals surface area contributed by atoms with Crippen LogP contribution in [0.5, 0.6) is 5.75 Å². The van der Waals surface area contributed by atoms with Gasteiger partial charge in [0.25, 0.3) is 0 Å². The normalized spacial score (nSPS) is 22.9. The van der Waals surface area contributed by atoms with Crippen molar-refractivity contribution in [1.29, 1.82) is 0 Å². The van der Waals surface area contributed by atoms with Gasteiger partial charge in [0.05, 0.1) is 0 Å². The molecule has 3 N–H and O–H groups in total. The molecule has 2 unspecified atom stereocenters. The van der Waals surface area contributed by atoms with E-state index in [1.54, 1.807) is 12.1 Å². The molecule has 0 amide bonds. The molecule has 20 heavy (non-hydrogen) atoms. The van der Waals surface area contributed by atoms with E-state index < -0.39 is 0 Å². The zero-order chi connectivity index (χ0) is 13.9. The highest BCUT2D eigenvalue weighted by Gasteiger charge is 2.25. The minimum Gasteiger partial charge on any atom is -0.508 e. The summed E-state index contributed by atoms with van der Waals surface area (Å²) in [5.74, 6) is 1.97. The van der Waals surface area contributed by atoms with Gasteiger partial charge in [0.15, 0.2) is 5.82 Å². The molecule has 2 aromatic rings.